The summed E-state index contributed by atoms with van der Waals surface area (Å²) in [5.41, 5.74) is 1.50. The molecule has 2 aromatic rings. The number of sulfonamides is 1. The Morgan fingerprint density at radius 2 is 1.96 bits per heavy atom. The van der Waals surface area contributed by atoms with Gasteiger partial charge in [-0.1, -0.05) is 0 Å². The van der Waals surface area contributed by atoms with Gasteiger partial charge in [-0.05, 0) is 27.7 Å². The minimum absolute atomic E-state index is 0.143. The van der Waals surface area contributed by atoms with Crippen LogP contribution in [-0.4, -0.2) is 40.8 Å². The number of nitrogens with one attached hydrogen (secondary N) is 1. The molecule has 10 heteroatoms. The van der Waals surface area contributed by atoms with E-state index < -0.39 is 16.0 Å². The van der Waals surface area contributed by atoms with E-state index in [9.17, 15) is 13.2 Å². The van der Waals surface area contributed by atoms with E-state index in [1.807, 2.05) is 6.92 Å². The molecule has 0 spiro atoms. The van der Waals surface area contributed by atoms with Crippen LogP contribution in [0.5, 0.6) is 0 Å². The zero-order valence-corrected chi connectivity index (χ0v) is 15.6. The molecule has 0 aromatic carbocycles. The van der Waals surface area contributed by atoms with Crippen molar-refractivity contribution in [3.8, 4) is 0 Å². The molecule has 8 nitrogen and oxygen atoms in total. The van der Waals surface area contributed by atoms with Crippen molar-refractivity contribution in [3.05, 3.63) is 27.0 Å². The van der Waals surface area contributed by atoms with Crippen molar-refractivity contribution in [2.24, 2.45) is 0 Å². The third-order valence-corrected chi connectivity index (χ3v) is 6.47. The Kier molecular flexibility index (Phi) is 5.41. The Bertz CT molecular complexity index is 868. The number of hydrogen-bond donors (Lipinski definition) is 2. The lowest BCUT2D eigenvalue weighted by Crippen LogP contribution is -2.27. The predicted octanol–water partition coefficient (Wildman–Crippen LogP) is 1.50. The molecule has 0 atom stereocenters. The largest absolute Gasteiger partial charge is 0.477 e. The summed E-state index contributed by atoms with van der Waals surface area (Å²) >= 11 is 1.07. The number of aryl methyl sites for hydroxylation is 3. The Labute approximate surface area is 144 Å². The molecule has 2 rings (SSSR count). The second-order valence-electron chi connectivity index (χ2n) is 5.29. The molecular weight excluding hydrogens is 352 g/mol. The van der Waals surface area contributed by atoms with Crippen molar-refractivity contribution in [2.45, 2.75) is 45.6 Å². The summed E-state index contributed by atoms with van der Waals surface area (Å²) in [7, 11) is -3.67. The van der Waals surface area contributed by atoms with Crippen molar-refractivity contribution in [1.82, 2.24) is 19.5 Å². The van der Waals surface area contributed by atoms with Crippen molar-refractivity contribution in [1.29, 1.82) is 0 Å². The Morgan fingerprint density at radius 1 is 1.29 bits per heavy atom. The van der Waals surface area contributed by atoms with Gasteiger partial charge in [-0.3, -0.25) is 4.68 Å². The highest BCUT2D eigenvalue weighted by Gasteiger charge is 2.24. The number of nitrogens with zero attached hydrogens (tertiary/aromatic N) is 3. The van der Waals surface area contributed by atoms with Gasteiger partial charge in [0, 0.05) is 19.5 Å². The molecule has 0 saturated heterocycles. The number of thiazole rings is 1. The number of aromatic carboxylic acids is 1. The third kappa shape index (κ3) is 3.65. The molecule has 2 aromatic heterocycles. The lowest BCUT2D eigenvalue weighted by Gasteiger charge is -2.06. The van der Waals surface area contributed by atoms with Crippen LogP contribution >= 0.6 is 11.3 Å². The van der Waals surface area contributed by atoms with Gasteiger partial charge in [-0.15, -0.1) is 11.3 Å². The minimum atomic E-state index is -3.67. The number of carboxylic acid groups (broad SMARTS) is 1. The minimum Gasteiger partial charge on any atom is -0.477 e. The fraction of sp³-hybridized carbons (Fsp3) is 0.500. The standard InChI is InChI=1S/C14H20N4O4S2/c1-5-18-10(4)13(9(3)17-18)24(21,22)15-7-6-11-16-8(2)12(23-11)14(19)20/h15H,5-7H2,1-4H3,(H,19,20). The summed E-state index contributed by atoms with van der Waals surface area (Å²) in [6.45, 7) is 7.65. The summed E-state index contributed by atoms with van der Waals surface area (Å²) in [4.78, 5) is 15.6. The van der Waals surface area contributed by atoms with E-state index in [1.54, 1.807) is 25.5 Å². The van der Waals surface area contributed by atoms with Crippen LogP contribution in [0.3, 0.4) is 0 Å². The molecular formula is C14H20N4O4S2. The van der Waals surface area contributed by atoms with E-state index in [0.29, 0.717) is 35.1 Å². The summed E-state index contributed by atoms with van der Waals surface area (Å²) in [6, 6.07) is 0. The average molecular weight is 372 g/mol. The smallest absolute Gasteiger partial charge is 0.347 e. The molecule has 0 amide bonds. The SMILES string of the molecule is CCn1nc(C)c(S(=O)(=O)NCCc2nc(C)c(C(=O)O)s2)c1C. The van der Waals surface area contributed by atoms with Crippen molar-refractivity contribution in [2.75, 3.05) is 6.54 Å². The van der Waals surface area contributed by atoms with Crippen LogP contribution in [0.15, 0.2) is 4.90 Å². The van der Waals surface area contributed by atoms with Crippen LogP contribution in [0.4, 0.5) is 0 Å². The van der Waals surface area contributed by atoms with Gasteiger partial charge < -0.3 is 5.11 Å². The highest BCUT2D eigenvalue weighted by Crippen LogP contribution is 2.20. The summed E-state index contributed by atoms with van der Waals surface area (Å²) < 4.78 is 29.2. The van der Waals surface area contributed by atoms with E-state index in [-0.39, 0.29) is 16.3 Å². The summed E-state index contributed by atoms with van der Waals surface area (Å²) in [6.07, 6.45) is 0.331. The average Bonchev–Trinajstić information content (AvgIpc) is 2.98. The Hall–Kier alpha value is -1.78. The molecule has 132 valence electrons. The maximum atomic E-state index is 12.5. The van der Waals surface area contributed by atoms with Crippen molar-refractivity contribution < 1.29 is 18.3 Å². The first-order valence-electron chi connectivity index (χ1n) is 7.40. The monoisotopic (exact) mass is 372 g/mol. The third-order valence-electron chi connectivity index (χ3n) is 3.55. The zero-order chi connectivity index (χ0) is 18.1. The van der Waals surface area contributed by atoms with Gasteiger partial charge in [0.1, 0.15) is 9.77 Å². The molecule has 0 aliphatic carbocycles. The Balaban J connectivity index is 2.10. The molecule has 2 heterocycles. The molecule has 0 bridgehead atoms. The normalized spacial score (nSPS) is 11.8. The van der Waals surface area contributed by atoms with E-state index in [1.165, 1.54) is 0 Å². The van der Waals surface area contributed by atoms with Gasteiger partial charge in [-0.2, -0.15) is 5.10 Å². The number of carbonyl (C=O) groups is 1. The van der Waals surface area contributed by atoms with Gasteiger partial charge in [-0.25, -0.2) is 22.9 Å². The highest BCUT2D eigenvalue weighted by molar-refractivity contribution is 7.89. The van der Waals surface area contributed by atoms with E-state index in [4.69, 9.17) is 5.11 Å². The van der Waals surface area contributed by atoms with Crippen LogP contribution in [0, 0.1) is 20.8 Å². The number of rotatable bonds is 7. The number of carboxylic acids is 1. The van der Waals surface area contributed by atoms with Crippen LogP contribution < -0.4 is 4.72 Å². The fourth-order valence-corrected chi connectivity index (χ4v) is 4.84. The molecule has 0 aliphatic rings. The molecule has 0 fully saturated rings. The van der Waals surface area contributed by atoms with E-state index >= 15 is 0 Å². The zero-order valence-electron chi connectivity index (χ0n) is 14.0. The van der Waals surface area contributed by atoms with Gasteiger partial charge >= 0.3 is 5.97 Å². The van der Waals surface area contributed by atoms with Crippen LogP contribution in [0.1, 0.15) is 38.7 Å². The maximum Gasteiger partial charge on any atom is 0.347 e. The molecule has 2 N–H and O–H groups in total. The van der Waals surface area contributed by atoms with Crippen molar-refractivity contribution in [3.63, 3.8) is 0 Å². The van der Waals surface area contributed by atoms with Crippen LogP contribution in [0.2, 0.25) is 0 Å². The van der Waals surface area contributed by atoms with Crippen LogP contribution in [0.25, 0.3) is 0 Å². The fourth-order valence-electron chi connectivity index (χ4n) is 2.50. The molecule has 0 radical (unpaired) electrons. The first kappa shape index (κ1) is 18.6. The maximum absolute atomic E-state index is 12.5. The van der Waals surface area contributed by atoms with Crippen LogP contribution in [-0.2, 0) is 23.0 Å². The molecule has 0 saturated carbocycles. The van der Waals surface area contributed by atoms with Gasteiger partial charge in [0.2, 0.25) is 10.0 Å². The molecule has 24 heavy (non-hydrogen) atoms. The summed E-state index contributed by atoms with van der Waals surface area (Å²) in [5.74, 6) is -1.02. The summed E-state index contributed by atoms with van der Waals surface area (Å²) in [5, 5.41) is 13.8. The lowest BCUT2D eigenvalue weighted by atomic mass is 10.4. The lowest BCUT2D eigenvalue weighted by molar-refractivity contribution is 0.0701. The quantitative estimate of drug-likeness (QED) is 0.761. The van der Waals surface area contributed by atoms with Gasteiger partial charge in [0.15, 0.2) is 0 Å². The Morgan fingerprint density at radius 3 is 2.46 bits per heavy atom. The molecule has 0 unspecified atom stereocenters. The van der Waals surface area contributed by atoms with E-state index in [2.05, 4.69) is 14.8 Å². The highest BCUT2D eigenvalue weighted by atomic mass is 32.2. The topological polar surface area (TPSA) is 114 Å². The number of aromatic nitrogens is 3. The van der Waals surface area contributed by atoms with Crippen molar-refractivity contribution >= 4 is 27.3 Å². The van der Waals surface area contributed by atoms with E-state index in [0.717, 1.165) is 11.3 Å². The van der Waals surface area contributed by atoms with Gasteiger partial charge in [0.05, 0.1) is 22.1 Å². The second kappa shape index (κ2) is 6.99. The number of hydrogen-bond acceptors (Lipinski definition) is 6. The predicted molar refractivity (Wildman–Crippen MR) is 90.1 cm³/mol. The van der Waals surface area contributed by atoms with Gasteiger partial charge in [0.25, 0.3) is 0 Å². The second-order valence-corrected chi connectivity index (χ2v) is 8.08. The first-order chi connectivity index (χ1) is 11.2. The first-order valence-corrected chi connectivity index (χ1v) is 9.70. The molecule has 0 aliphatic heterocycles.